The van der Waals surface area contributed by atoms with Crippen molar-refractivity contribution in [2.75, 3.05) is 31.1 Å². The average molecular weight is 324 g/mol. The third kappa shape index (κ3) is 2.92. The summed E-state index contributed by atoms with van der Waals surface area (Å²) in [5.41, 5.74) is 0.166. The summed E-state index contributed by atoms with van der Waals surface area (Å²) in [5.74, 6) is -2.24. The molecule has 0 N–H and O–H groups in total. The van der Waals surface area contributed by atoms with Crippen molar-refractivity contribution in [3.8, 4) is 0 Å². The molecule has 2 aromatic rings. The number of carbonyl (C=O) groups excluding carboxylic acids is 1. The second-order valence-electron chi connectivity index (χ2n) is 5.01. The van der Waals surface area contributed by atoms with Gasteiger partial charge in [-0.05, 0) is 25.1 Å². The Labute approximate surface area is 130 Å². The Bertz CT molecular complexity index is 698. The van der Waals surface area contributed by atoms with E-state index in [1.807, 2.05) is 6.92 Å². The summed E-state index contributed by atoms with van der Waals surface area (Å²) in [6.07, 6.45) is 0. The number of aromatic nitrogens is 2. The molecule has 5 nitrogen and oxygen atoms in total. The first kappa shape index (κ1) is 14.8. The first-order chi connectivity index (χ1) is 10.5. The number of hydrogen-bond donors (Lipinski definition) is 0. The lowest BCUT2D eigenvalue weighted by Crippen LogP contribution is -2.48. The minimum absolute atomic E-state index is 0.166. The molecule has 3 rings (SSSR count). The van der Waals surface area contributed by atoms with E-state index in [0.717, 1.165) is 22.3 Å². The second kappa shape index (κ2) is 5.96. The molecule has 2 heterocycles. The summed E-state index contributed by atoms with van der Waals surface area (Å²) in [6.45, 7) is 4.20. The van der Waals surface area contributed by atoms with Gasteiger partial charge in [-0.2, -0.15) is 0 Å². The molecular weight excluding hydrogens is 310 g/mol. The maximum atomic E-state index is 13.2. The van der Waals surface area contributed by atoms with Gasteiger partial charge in [-0.3, -0.25) is 4.79 Å². The number of carbonyl (C=O) groups is 1. The summed E-state index contributed by atoms with van der Waals surface area (Å²) in [6, 6.07) is 3.22. The maximum Gasteiger partial charge on any atom is 0.254 e. The van der Waals surface area contributed by atoms with Crippen LogP contribution in [0.5, 0.6) is 0 Å². The minimum Gasteiger partial charge on any atom is -0.343 e. The molecule has 8 heteroatoms. The number of anilines is 1. The quantitative estimate of drug-likeness (QED) is 0.849. The Morgan fingerprint density at radius 3 is 2.45 bits per heavy atom. The molecule has 0 atom stereocenters. The van der Waals surface area contributed by atoms with Crippen LogP contribution in [0.3, 0.4) is 0 Å². The third-order valence-electron chi connectivity index (χ3n) is 3.52. The summed E-state index contributed by atoms with van der Waals surface area (Å²) < 4.78 is 26.2. The number of amides is 1. The van der Waals surface area contributed by atoms with Crippen LogP contribution in [0.25, 0.3) is 0 Å². The highest BCUT2D eigenvalue weighted by Crippen LogP contribution is 2.21. The van der Waals surface area contributed by atoms with E-state index in [2.05, 4.69) is 15.1 Å². The first-order valence-electron chi connectivity index (χ1n) is 6.84. The van der Waals surface area contributed by atoms with Crippen molar-refractivity contribution >= 4 is 22.4 Å². The van der Waals surface area contributed by atoms with E-state index >= 15 is 0 Å². The second-order valence-corrected chi connectivity index (χ2v) is 6.17. The Morgan fingerprint density at radius 2 is 1.86 bits per heavy atom. The summed E-state index contributed by atoms with van der Waals surface area (Å²) >= 11 is 1.51. The molecule has 0 saturated carbocycles. The molecule has 0 unspecified atom stereocenters. The van der Waals surface area contributed by atoms with Crippen LogP contribution >= 0.6 is 11.3 Å². The van der Waals surface area contributed by atoms with Crippen molar-refractivity contribution in [2.24, 2.45) is 0 Å². The highest BCUT2D eigenvalue weighted by atomic mass is 32.1. The summed E-state index contributed by atoms with van der Waals surface area (Å²) in [7, 11) is 0. The molecular formula is C14H14F2N4OS. The van der Waals surface area contributed by atoms with Gasteiger partial charge in [-0.15, -0.1) is 10.2 Å². The van der Waals surface area contributed by atoms with Gasteiger partial charge in [0.25, 0.3) is 5.91 Å². The first-order valence-corrected chi connectivity index (χ1v) is 7.65. The van der Waals surface area contributed by atoms with Crippen molar-refractivity contribution < 1.29 is 13.6 Å². The van der Waals surface area contributed by atoms with E-state index in [1.54, 1.807) is 4.90 Å². The Balaban J connectivity index is 1.65. The molecule has 0 radical (unpaired) electrons. The number of hydrogen-bond acceptors (Lipinski definition) is 5. The molecule has 0 spiro atoms. The standard InChI is InChI=1S/C14H14F2N4OS/c1-9-17-18-14(22-9)20-6-4-19(5-7-20)13(21)10-2-3-11(15)12(16)8-10/h2-3,8H,4-7H2,1H3. The molecule has 1 fully saturated rings. The van der Waals surface area contributed by atoms with Crippen LogP contribution in [-0.2, 0) is 0 Å². The van der Waals surface area contributed by atoms with Crippen molar-refractivity contribution in [1.29, 1.82) is 0 Å². The van der Waals surface area contributed by atoms with Gasteiger partial charge in [0.15, 0.2) is 11.6 Å². The normalized spacial score (nSPS) is 15.2. The highest BCUT2D eigenvalue weighted by Gasteiger charge is 2.24. The number of aryl methyl sites for hydroxylation is 1. The minimum atomic E-state index is -1.01. The smallest absolute Gasteiger partial charge is 0.254 e. The van der Waals surface area contributed by atoms with Gasteiger partial charge >= 0.3 is 0 Å². The van der Waals surface area contributed by atoms with Gasteiger partial charge in [0.05, 0.1) is 0 Å². The molecule has 1 aliphatic heterocycles. The molecule has 1 amide bonds. The van der Waals surface area contributed by atoms with Gasteiger partial charge in [-0.25, -0.2) is 8.78 Å². The lowest BCUT2D eigenvalue weighted by atomic mass is 10.1. The van der Waals surface area contributed by atoms with Gasteiger partial charge in [0.1, 0.15) is 5.01 Å². The van der Waals surface area contributed by atoms with E-state index in [4.69, 9.17) is 0 Å². The van der Waals surface area contributed by atoms with Gasteiger partial charge in [0, 0.05) is 31.7 Å². The summed E-state index contributed by atoms with van der Waals surface area (Å²) in [5, 5.41) is 9.81. The zero-order chi connectivity index (χ0) is 15.7. The number of nitrogens with zero attached hydrogens (tertiary/aromatic N) is 4. The van der Waals surface area contributed by atoms with E-state index in [9.17, 15) is 13.6 Å². The summed E-state index contributed by atoms with van der Waals surface area (Å²) in [4.78, 5) is 16.0. The van der Waals surface area contributed by atoms with E-state index in [-0.39, 0.29) is 11.5 Å². The zero-order valence-electron chi connectivity index (χ0n) is 11.9. The van der Waals surface area contributed by atoms with Crippen LogP contribution in [0.15, 0.2) is 18.2 Å². The predicted molar refractivity (Wildman–Crippen MR) is 79.1 cm³/mol. The number of benzene rings is 1. The van der Waals surface area contributed by atoms with Crippen molar-refractivity contribution in [2.45, 2.75) is 6.92 Å². The lowest BCUT2D eigenvalue weighted by molar-refractivity contribution is 0.0746. The number of halogens is 2. The molecule has 0 aliphatic carbocycles. The Kier molecular flexibility index (Phi) is 4.02. The lowest BCUT2D eigenvalue weighted by Gasteiger charge is -2.34. The van der Waals surface area contributed by atoms with Gasteiger partial charge < -0.3 is 9.80 Å². The maximum absolute atomic E-state index is 13.2. The van der Waals surface area contributed by atoms with Crippen LogP contribution in [0, 0.1) is 18.6 Å². The molecule has 0 bridgehead atoms. The SMILES string of the molecule is Cc1nnc(N2CCN(C(=O)c3ccc(F)c(F)c3)CC2)s1. The van der Waals surface area contributed by atoms with Crippen LogP contribution < -0.4 is 4.90 Å². The van der Waals surface area contributed by atoms with E-state index < -0.39 is 11.6 Å². The fourth-order valence-electron chi connectivity index (χ4n) is 2.33. The molecule has 1 saturated heterocycles. The average Bonchev–Trinajstić information content (AvgIpc) is 2.96. The molecule has 22 heavy (non-hydrogen) atoms. The molecule has 116 valence electrons. The number of piperazine rings is 1. The van der Waals surface area contributed by atoms with Crippen molar-refractivity contribution in [3.05, 3.63) is 40.4 Å². The molecule has 1 aliphatic rings. The monoisotopic (exact) mass is 324 g/mol. The van der Waals surface area contributed by atoms with E-state index in [0.29, 0.717) is 26.2 Å². The molecule has 1 aromatic carbocycles. The fraction of sp³-hybridized carbons (Fsp3) is 0.357. The van der Waals surface area contributed by atoms with Crippen molar-refractivity contribution in [1.82, 2.24) is 15.1 Å². The van der Waals surface area contributed by atoms with Crippen LogP contribution in [0.4, 0.5) is 13.9 Å². The van der Waals surface area contributed by atoms with Gasteiger partial charge in [0.2, 0.25) is 5.13 Å². The highest BCUT2D eigenvalue weighted by molar-refractivity contribution is 7.15. The van der Waals surface area contributed by atoms with Crippen molar-refractivity contribution in [3.63, 3.8) is 0 Å². The largest absolute Gasteiger partial charge is 0.343 e. The van der Waals surface area contributed by atoms with Crippen LogP contribution in [-0.4, -0.2) is 47.2 Å². The zero-order valence-corrected chi connectivity index (χ0v) is 12.7. The number of rotatable bonds is 2. The molecule has 1 aromatic heterocycles. The van der Waals surface area contributed by atoms with Gasteiger partial charge in [-0.1, -0.05) is 11.3 Å². The topological polar surface area (TPSA) is 49.3 Å². The Hall–Kier alpha value is -2.09. The predicted octanol–water partition coefficient (Wildman–Crippen LogP) is 2.09. The van der Waals surface area contributed by atoms with Crippen LogP contribution in [0.1, 0.15) is 15.4 Å². The van der Waals surface area contributed by atoms with Crippen LogP contribution in [0.2, 0.25) is 0 Å². The van der Waals surface area contributed by atoms with E-state index in [1.165, 1.54) is 17.4 Å². The third-order valence-corrected chi connectivity index (χ3v) is 4.42. The Morgan fingerprint density at radius 1 is 1.14 bits per heavy atom. The fourth-order valence-corrected chi connectivity index (χ4v) is 3.07.